The van der Waals surface area contributed by atoms with Crippen LogP contribution in [0.5, 0.6) is 5.75 Å². The van der Waals surface area contributed by atoms with E-state index >= 15 is 0 Å². The first-order valence-electron chi connectivity index (χ1n) is 13.8. The van der Waals surface area contributed by atoms with E-state index in [9.17, 15) is 27.5 Å². The number of carbonyl (C=O) groups excluding carboxylic acids is 1. The van der Waals surface area contributed by atoms with E-state index in [0.29, 0.717) is 34.6 Å². The molecule has 5 nitrogen and oxygen atoms in total. The molecule has 2 aliphatic carbocycles. The summed E-state index contributed by atoms with van der Waals surface area (Å²) in [6.45, 7) is 7.35. The van der Waals surface area contributed by atoms with E-state index in [1.165, 1.54) is 18.2 Å². The van der Waals surface area contributed by atoms with Crippen molar-refractivity contribution in [1.82, 2.24) is 10.2 Å². The lowest BCUT2D eigenvalue weighted by atomic mass is 9.82. The Morgan fingerprint density at radius 2 is 1.69 bits per heavy atom. The second kappa shape index (κ2) is 14.2. The van der Waals surface area contributed by atoms with Crippen LogP contribution in [-0.4, -0.2) is 54.3 Å². The number of allylic oxidation sites excluding steroid dienone is 5. The summed E-state index contributed by atoms with van der Waals surface area (Å²) in [5.41, 5.74) is 6.25. The molecule has 4 rings (SSSR count). The Morgan fingerprint density at radius 1 is 1.00 bits per heavy atom. The first-order valence-corrected chi connectivity index (χ1v) is 13.8. The number of ether oxygens (including phenoxy) is 1. The van der Waals surface area contributed by atoms with Crippen LogP contribution in [0.4, 0.5) is 17.6 Å². The van der Waals surface area contributed by atoms with Gasteiger partial charge in [-0.1, -0.05) is 31.7 Å². The number of nitrogens with one attached hydrogen (secondary N) is 1. The number of aliphatic hydroxyl groups excluding tert-OH is 1. The maximum Gasteiger partial charge on any atom is 0.251 e. The first-order chi connectivity index (χ1) is 20.2. The molecule has 0 heterocycles. The summed E-state index contributed by atoms with van der Waals surface area (Å²) in [6, 6.07) is 9.60. The predicted molar refractivity (Wildman–Crippen MR) is 153 cm³/mol. The lowest BCUT2D eigenvalue weighted by Gasteiger charge is -2.32. The molecule has 0 spiro atoms. The third-order valence-corrected chi connectivity index (χ3v) is 7.13. The Labute approximate surface area is 242 Å². The minimum atomic E-state index is -1.18. The third-order valence-electron chi connectivity index (χ3n) is 7.13. The number of halogens is 4. The molecule has 2 unspecified atom stereocenters. The average molecular weight is 581 g/mol. The fourth-order valence-corrected chi connectivity index (χ4v) is 4.80. The van der Waals surface area contributed by atoms with Gasteiger partial charge in [-0.05, 0) is 96.9 Å². The van der Waals surface area contributed by atoms with Crippen molar-refractivity contribution >= 4 is 12.0 Å². The van der Waals surface area contributed by atoms with E-state index in [1.807, 2.05) is 0 Å². The number of hydrogen-bond donors (Lipinski definition) is 2. The van der Waals surface area contributed by atoms with E-state index < -0.39 is 35.4 Å². The fraction of sp³-hybridized carbons (Fsp3) is 0.303. The second-order valence-corrected chi connectivity index (χ2v) is 10.0. The molecule has 0 aliphatic heterocycles. The maximum absolute atomic E-state index is 13.8. The van der Waals surface area contributed by atoms with Gasteiger partial charge in [-0.3, -0.25) is 4.79 Å². The van der Waals surface area contributed by atoms with Crippen molar-refractivity contribution in [2.75, 3.05) is 26.2 Å². The van der Waals surface area contributed by atoms with Gasteiger partial charge in [0.15, 0.2) is 17.5 Å². The molecule has 2 aliphatic rings. The Morgan fingerprint density at radius 3 is 2.33 bits per heavy atom. The predicted octanol–water partition coefficient (Wildman–Crippen LogP) is 6.35. The highest BCUT2D eigenvalue weighted by Gasteiger charge is 2.30. The lowest BCUT2D eigenvalue weighted by molar-refractivity contribution is 0.0929. The molecule has 0 bridgehead atoms. The van der Waals surface area contributed by atoms with Crippen molar-refractivity contribution in [2.45, 2.75) is 38.8 Å². The van der Waals surface area contributed by atoms with Crippen LogP contribution in [-0.2, 0) is 0 Å². The minimum Gasteiger partial charge on any atom is -0.492 e. The Balaban J connectivity index is 1.53. The molecule has 2 N–H and O–H groups in total. The van der Waals surface area contributed by atoms with Crippen molar-refractivity contribution in [1.29, 1.82) is 0 Å². The molecule has 0 aromatic heterocycles. The Hall–Kier alpha value is -4.13. The number of benzene rings is 2. The first kappa shape index (κ1) is 30.8. The van der Waals surface area contributed by atoms with Gasteiger partial charge in [0.1, 0.15) is 12.4 Å². The van der Waals surface area contributed by atoms with E-state index in [2.05, 4.69) is 35.5 Å². The molecule has 1 saturated carbocycles. The van der Waals surface area contributed by atoms with Gasteiger partial charge in [0.2, 0.25) is 5.83 Å². The van der Waals surface area contributed by atoms with Crippen LogP contribution in [0.2, 0.25) is 0 Å². The van der Waals surface area contributed by atoms with Gasteiger partial charge in [0, 0.05) is 23.7 Å². The molecular formula is C33H32F4N2O3. The standard InChI is InChI=1S/C33H32F4N2O3/c1-3-39(4-2)13-14-42-27-9-7-23(8-10-27)33(41)38-26-19-24(15-21-5-11-28(34)30(36)17-21)32(40)25(20-26)16-22-6-12-29(35)31(37)18-22/h5,7-11,15-18,26,32,40H,3-4,13-14,19-20H2,1-2H3,(H,38,41)/b24-15+,25-16+. The van der Waals surface area contributed by atoms with Gasteiger partial charge in [0.25, 0.3) is 5.91 Å². The Kier molecular flexibility index (Phi) is 10.4. The minimum absolute atomic E-state index is 0.152. The van der Waals surface area contributed by atoms with Gasteiger partial charge < -0.3 is 20.1 Å². The SMILES string of the molecule is CCN(CC)CCOc1ccc(C(=O)NC2C/C(=C\C3=C=C=C(F)C(F)=C3)C(O)/C(=C/c3ccc(F)c(F)c3)C2)cc1. The normalized spacial score (nSPS) is 20.4. The molecule has 220 valence electrons. The van der Waals surface area contributed by atoms with Gasteiger partial charge in [-0.25, -0.2) is 13.2 Å². The summed E-state index contributed by atoms with van der Waals surface area (Å²) in [5, 5.41) is 14.1. The Bertz CT molecular complexity index is 1510. The summed E-state index contributed by atoms with van der Waals surface area (Å²) in [7, 11) is 0. The van der Waals surface area contributed by atoms with Crippen LogP contribution >= 0.6 is 0 Å². The van der Waals surface area contributed by atoms with Gasteiger partial charge in [-0.2, -0.15) is 4.39 Å². The number of hydrogen-bond acceptors (Lipinski definition) is 4. The zero-order valence-electron chi connectivity index (χ0n) is 23.4. The van der Waals surface area contributed by atoms with Crippen molar-refractivity contribution in [2.24, 2.45) is 0 Å². The quantitative estimate of drug-likeness (QED) is 0.254. The zero-order valence-corrected chi connectivity index (χ0v) is 23.4. The molecule has 0 radical (unpaired) electrons. The topological polar surface area (TPSA) is 61.8 Å². The van der Waals surface area contributed by atoms with Crippen molar-refractivity contribution < 1.29 is 32.2 Å². The van der Waals surface area contributed by atoms with Crippen LogP contribution in [0.15, 0.2) is 94.5 Å². The maximum atomic E-state index is 13.8. The molecule has 2 atom stereocenters. The number of carbonyl (C=O) groups is 1. The molecule has 2 aromatic rings. The van der Waals surface area contributed by atoms with Crippen LogP contribution in [0, 0.1) is 11.6 Å². The zero-order chi connectivity index (χ0) is 30.2. The van der Waals surface area contributed by atoms with Crippen molar-refractivity contribution in [3.8, 4) is 5.75 Å². The number of nitrogens with zero attached hydrogens (tertiary/aromatic N) is 1. The summed E-state index contributed by atoms with van der Waals surface area (Å²) in [4.78, 5) is 15.4. The molecule has 2 aromatic carbocycles. The van der Waals surface area contributed by atoms with Gasteiger partial charge >= 0.3 is 0 Å². The van der Waals surface area contributed by atoms with Crippen LogP contribution < -0.4 is 10.1 Å². The van der Waals surface area contributed by atoms with E-state index in [4.69, 9.17) is 4.74 Å². The monoisotopic (exact) mass is 580 g/mol. The van der Waals surface area contributed by atoms with Crippen LogP contribution in [0.25, 0.3) is 6.08 Å². The van der Waals surface area contributed by atoms with E-state index in [-0.39, 0.29) is 24.3 Å². The van der Waals surface area contributed by atoms with Gasteiger partial charge in [0.05, 0.1) is 6.10 Å². The van der Waals surface area contributed by atoms with Crippen LogP contribution in [0.3, 0.4) is 0 Å². The van der Waals surface area contributed by atoms with Crippen molar-refractivity contribution in [3.63, 3.8) is 0 Å². The van der Waals surface area contributed by atoms with Crippen LogP contribution in [0.1, 0.15) is 42.6 Å². The van der Waals surface area contributed by atoms with Gasteiger partial charge in [-0.15, -0.1) is 0 Å². The summed E-state index contributed by atoms with van der Waals surface area (Å²) in [6.07, 6.45) is 3.14. The number of likely N-dealkylation sites (N-methyl/N-ethyl adjacent to an activating group) is 1. The van der Waals surface area contributed by atoms with Crippen molar-refractivity contribution in [3.05, 3.63) is 117 Å². The second-order valence-electron chi connectivity index (χ2n) is 10.0. The number of amides is 1. The molecule has 42 heavy (non-hydrogen) atoms. The largest absolute Gasteiger partial charge is 0.492 e. The summed E-state index contributed by atoms with van der Waals surface area (Å²) < 4.78 is 60.3. The smallest absolute Gasteiger partial charge is 0.251 e. The molecule has 0 saturated heterocycles. The number of rotatable bonds is 10. The average Bonchev–Trinajstić information content (AvgIpc) is 2.97. The molecule has 9 heteroatoms. The summed E-state index contributed by atoms with van der Waals surface area (Å²) in [5.74, 6) is -4.05. The highest BCUT2D eigenvalue weighted by molar-refractivity contribution is 5.94. The lowest BCUT2D eigenvalue weighted by Crippen LogP contribution is -2.40. The molecule has 1 amide bonds. The third kappa shape index (κ3) is 7.99. The molecule has 1 fully saturated rings. The fourth-order valence-electron chi connectivity index (χ4n) is 4.80. The number of aliphatic hydroxyl groups is 1. The highest BCUT2D eigenvalue weighted by atomic mass is 19.2. The summed E-state index contributed by atoms with van der Waals surface area (Å²) >= 11 is 0. The highest BCUT2D eigenvalue weighted by Crippen LogP contribution is 2.32. The van der Waals surface area contributed by atoms with E-state index in [0.717, 1.165) is 37.8 Å². The molecular weight excluding hydrogens is 548 g/mol. The van der Waals surface area contributed by atoms with E-state index in [1.54, 1.807) is 24.3 Å².